The van der Waals surface area contributed by atoms with Gasteiger partial charge in [0.05, 0.1) is 0 Å². The summed E-state index contributed by atoms with van der Waals surface area (Å²) in [6, 6.07) is 10.1. The average Bonchev–Trinajstić information content (AvgIpc) is 2.06. The Morgan fingerprint density at radius 2 is 2.00 bits per heavy atom. The van der Waals surface area contributed by atoms with E-state index in [0.29, 0.717) is 0 Å². The minimum Gasteiger partial charge on any atom is -0.321 e. The molecule has 0 aliphatic heterocycles. The van der Waals surface area contributed by atoms with Crippen molar-refractivity contribution in [1.29, 1.82) is 0 Å². The first kappa shape index (κ1) is 9.01. The number of rotatable bonds is 3. The van der Waals surface area contributed by atoms with Crippen molar-refractivity contribution in [2.24, 2.45) is 5.73 Å². The SMILES string of the molecule is C=CC[C@@](C)(N)c1ccccc1. The topological polar surface area (TPSA) is 26.0 Å². The number of benzene rings is 1. The van der Waals surface area contributed by atoms with Crippen LogP contribution in [0, 0.1) is 0 Å². The normalized spacial score (nSPS) is 15.2. The van der Waals surface area contributed by atoms with Gasteiger partial charge >= 0.3 is 0 Å². The lowest BCUT2D eigenvalue weighted by Crippen LogP contribution is -2.32. The molecule has 0 heterocycles. The van der Waals surface area contributed by atoms with Gasteiger partial charge in [-0.1, -0.05) is 36.4 Å². The van der Waals surface area contributed by atoms with E-state index in [9.17, 15) is 0 Å². The molecule has 0 saturated carbocycles. The second-order valence-electron chi connectivity index (χ2n) is 3.28. The van der Waals surface area contributed by atoms with Gasteiger partial charge in [-0.2, -0.15) is 0 Å². The van der Waals surface area contributed by atoms with Crippen molar-refractivity contribution >= 4 is 0 Å². The molecule has 0 aliphatic rings. The fourth-order valence-corrected chi connectivity index (χ4v) is 1.24. The molecule has 1 nitrogen and oxygen atoms in total. The first-order chi connectivity index (χ1) is 5.67. The molecule has 0 aromatic heterocycles. The summed E-state index contributed by atoms with van der Waals surface area (Å²) in [5.41, 5.74) is 6.96. The summed E-state index contributed by atoms with van der Waals surface area (Å²) < 4.78 is 0. The molecule has 0 aliphatic carbocycles. The lowest BCUT2D eigenvalue weighted by molar-refractivity contribution is 0.502. The van der Waals surface area contributed by atoms with Gasteiger partial charge in [0.2, 0.25) is 0 Å². The molecule has 2 N–H and O–H groups in total. The largest absolute Gasteiger partial charge is 0.321 e. The van der Waals surface area contributed by atoms with E-state index in [-0.39, 0.29) is 5.54 Å². The summed E-state index contributed by atoms with van der Waals surface area (Å²) in [5.74, 6) is 0. The smallest absolute Gasteiger partial charge is 0.0415 e. The summed E-state index contributed by atoms with van der Waals surface area (Å²) in [7, 11) is 0. The number of nitrogens with two attached hydrogens (primary N) is 1. The molecule has 0 unspecified atom stereocenters. The second kappa shape index (κ2) is 3.55. The van der Waals surface area contributed by atoms with Gasteiger partial charge in [0.1, 0.15) is 0 Å². The fraction of sp³-hybridized carbons (Fsp3) is 0.273. The molecular weight excluding hydrogens is 146 g/mol. The van der Waals surface area contributed by atoms with Gasteiger partial charge in [-0.25, -0.2) is 0 Å². The highest BCUT2D eigenvalue weighted by Gasteiger charge is 2.17. The lowest BCUT2D eigenvalue weighted by Gasteiger charge is -2.23. The van der Waals surface area contributed by atoms with Crippen molar-refractivity contribution < 1.29 is 0 Å². The van der Waals surface area contributed by atoms with Gasteiger partial charge in [0.25, 0.3) is 0 Å². The first-order valence-electron chi connectivity index (χ1n) is 4.12. The van der Waals surface area contributed by atoms with Crippen LogP contribution < -0.4 is 5.73 Å². The van der Waals surface area contributed by atoms with Crippen LogP contribution in [0.5, 0.6) is 0 Å². The van der Waals surface area contributed by atoms with Crippen LogP contribution in [-0.2, 0) is 5.54 Å². The van der Waals surface area contributed by atoms with E-state index in [2.05, 4.69) is 6.58 Å². The first-order valence-corrected chi connectivity index (χ1v) is 4.12. The monoisotopic (exact) mass is 161 g/mol. The zero-order chi connectivity index (χ0) is 9.03. The van der Waals surface area contributed by atoms with E-state index >= 15 is 0 Å². The number of hydrogen-bond donors (Lipinski definition) is 1. The van der Waals surface area contributed by atoms with Gasteiger partial charge in [0.15, 0.2) is 0 Å². The fourth-order valence-electron chi connectivity index (χ4n) is 1.24. The van der Waals surface area contributed by atoms with Crippen molar-refractivity contribution in [3.63, 3.8) is 0 Å². The molecule has 0 spiro atoms. The zero-order valence-corrected chi connectivity index (χ0v) is 7.46. The molecule has 1 aromatic carbocycles. The van der Waals surface area contributed by atoms with Crippen LogP contribution in [0.4, 0.5) is 0 Å². The third kappa shape index (κ3) is 1.95. The highest BCUT2D eigenvalue weighted by molar-refractivity contribution is 5.23. The van der Waals surface area contributed by atoms with Crippen LogP contribution in [0.15, 0.2) is 43.0 Å². The molecule has 1 heteroatoms. The van der Waals surface area contributed by atoms with Gasteiger partial charge < -0.3 is 5.73 Å². The predicted molar refractivity (Wildman–Crippen MR) is 52.8 cm³/mol. The van der Waals surface area contributed by atoms with Crippen LogP contribution in [0.1, 0.15) is 18.9 Å². The standard InChI is InChI=1S/C11H15N/c1-3-9-11(2,12)10-7-5-4-6-8-10/h3-8H,1,9,12H2,2H3/t11-/m1/s1. The van der Waals surface area contributed by atoms with Crippen molar-refractivity contribution in [3.8, 4) is 0 Å². The summed E-state index contributed by atoms with van der Waals surface area (Å²) in [6.07, 6.45) is 2.66. The molecule has 12 heavy (non-hydrogen) atoms. The second-order valence-corrected chi connectivity index (χ2v) is 3.28. The Morgan fingerprint density at radius 3 is 2.50 bits per heavy atom. The molecule has 0 bridgehead atoms. The quantitative estimate of drug-likeness (QED) is 0.677. The van der Waals surface area contributed by atoms with Crippen LogP contribution >= 0.6 is 0 Å². The molecular formula is C11H15N. The van der Waals surface area contributed by atoms with E-state index < -0.39 is 0 Å². The van der Waals surface area contributed by atoms with E-state index in [1.807, 2.05) is 43.3 Å². The maximum absolute atomic E-state index is 6.08. The van der Waals surface area contributed by atoms with Gasteiger partial charge in [-0.05, 0) is 18.9 Å². The summed E-state index contributed by atoms with van der Waals surface area (Å²) in [4.78, 5) is 0. The molecule has 0 radical (unpaired) electrons. The van der Waals surface area contributed by atoms with Crippen LogP contribution in [0.2, 0.25) is 0 Å². The third-order valence-corrected chi connectivity index (χ3v) is 2.00. The molecule has 0 saturated heterocycles. The minimum atomic E-state index is -0.275. The Bertz CT molecular complexity index is 249. The third-order valence-electron chi connectivity index (χ3n) is 2.00. The van der Waals surface area contributed by atoms with Gasteiger partial charge in [-0.3, -0.25) is 0 Å². The van der Waals surface area contributed by atoms with E-state index in [1.165, 1.54) is 0 Å². The Balaban J connectivity index is 2.89. The Hall–Kier alpha value is -1.08. The summed E-state index contributed by atoms with van der Waals surface area (Å²) in [5, 5.41) is 0. The molecule has 0 amide bonds. The Labute approximate surface area is 73.9 Å². The van der Waals surface area contributed by atoms with Crippen molar-refractivity contribution in [3.05, 3.63) is 48.6 Å². The van der Waals surface area contributed by atoms with E-state index in [4.69, 9.17) is 5.73 Å². The van der Waals surface area contributed by atoms with Crippen molar-refractivity contribution in [1.82, 2.24) is 0 Å². The van der Waals surface area contributed by atoms with Crippen molar-refractivity contribution in [2.45, 2.75) is 18.9 Å². The molecule has 64 valence electrons. The lowest BCUT2D eigenvalue weighted by atomic mass is 9.90. The maximum Gasteiger partial charge on any atom is 0.0415 e. The van der Waals surface area contributed by atoms with Crippen LogP contribution in [-0.4, -0.2) is 0 Å². The Morgan fingerprint density at radius 1 is 1.42 bits per heavy atom. The highest BCUT2D eigenvalue weighted by Crippen LogP contribution is 2.20. The van der Waals surface area contributed by atoms with E-state index in [0.717, 1.165) is 12.0 Å². The maximum atomic E-state index is 6.08. The van der Waals surface area contributed by atoms with E-state index in [1.54, 1.807) is 0 Å². The average molecular weight is 161 g/mol. The summed E-state index contributed by atoms with van der Waals surface area (Å²) in [6.45, 7) is 5.71. The number of hydrogen-bond acceptors (Lipinski definition) is 1. The Kier molecular flexibility index (Phi) is 2.66. The molecule has 1 rings (SSSR count). The highest BCUT2D eigenvalue weighted by atomic mass is 14.7. The molecule has 1 aromatic rings. The molecule has 1 atom stereocenters. The van der Waals surface area contributed by atoms with Crippen molar-refractivity contribution in [2.75, 3.05) is 0 Å². The van der Waals surface area contributed by atoms with Crippen LogP contribution in [0.25, 0.3) is 0 Å². The minimum absolute atomic E-state index is 0.275. The summed E-state index contributed by atoms with van der Waals surface area (Å²) >= 11 is 0. The van der Waals surface area contributed by atoms with Gasteiger partial charge in [-0.15, -0.1) is 6.58 Å². The zero-order valence-electron chi connectivity index (χ0n) is 7.46. The molecule has 0 fully saturated rings. The van der Waals surface area contributed by atoms with Crippen LogP contribution in [0.3, 0.4) is 0 Å². The van der Waals surface area contributed by atoms with Gasteiger partial charge in [0, 0.05) is 5.54 Å². The predicted octanol–water partition coefficient (Wildman–Crippen LogP) is 2.44.